The van der Waals surface area contributed by atoms with E-state index in [9.17, 15) is 10.1 Å². The van der Waals surface area contributed by atoms with Crippen molar-refractivity contribution in [3.05, 3.63) is 47.7 Å². The maximum atomic E-state index is 13.3. The van der Waals surface area contributed by atoms with E-state index in [0.29, 0.717) is 6.54 Å². The number of nitrogens with zero attached hydrogens (tertiary/aromatic N) is 3. The van der Waals surface area contributed by atoms with Crippen LogP contribution in [-0.2, 0) is 11.3 Å². The van der Waals surface area contributed by atoms with E-state index < -0.39 is 0 Å². The molecule has 0 bridgehead atoms. The van der Waals surface area contributed by atoms with Crippen LogP contribution in [0.2, 0.25) is 0 Å². The number of hydrogen-bond donors (Lipinski definition) is 1. The zero-order valence-electron chi connectivity index (χ0n) is 18.1. The molecule has 5 nitrogen and oxygen atoms in total. The average molecular weight is 383 g/mol. The van der Waals surface area contributed by atoms with Crippen molar-refractivity contribution in [3.8, 4) is 6.07 Å². The van der Waals surface area contributed by atoms with Gasteiger partial charge in [-0.2, -0.15) is 5.26 Å². The third-order valence-corrected chi connectivity index (χ3v) is 5.52. The van der Waals surface area contributed by atoms with Crippen LogP contribution in [0.25, 0.3) is 0 Å². The number of rotatable bonds is 5. The summed E-state index contributed by atoms with van der Waals surface area (Å²) in [5.74, 6) is -0.233. The third-order valence-electron chi connectivity index (χ3n) is 5.52. The van der Waals surface area contributed by atoms with Crippen molar-refractivity contribution in [1.29, 1.82) is 5.26 Å². The van der Waals surface area contributed by atoms with Gasteiger partial charge in [-0.05, 0) is 59.9 Å². The Hall–Kier alpha value is -2.32. The quantitative estimate of drug-likeness (QED) is 0.621. The standard InChI is InChI=1S/C23H34N4O/c1-17(2)26(15-18-10-8-7-9-11-18)21(28)19(14-24)16-27-22(3,4)12-20(25)13-23(27,5)6/h7-11,16-17,20H,12-13,15,25H2,1-6H3/b19-16-. The minimum absolute atomic E-state index is 0.0137. The number of benzene rings is 1. The summed E-state index contributed by atoms with van der Waals surface area (Å²) >= 11 is 0. The number of hydrogen-bond acceptors (Lipinski definition) is 4. The van der Waals surface area contributed by atoms with Gasteiger partial charge in [-0.25, -0.2) is 0 Å². The molecule has 1 amide bonds. The Bertz CT molecular complexity index is 741. The number of piperidine rings is 1. The van der Waals surface area contributed by atoms with E-state index in [1.165, 1.54) is 0 Å². The largest absolute Gasteiger partial charge is 0.366 e. The fourth-order valence-corrected chi connectivity index (χ4v) is 4.41. The zero-order valence-corrected chi connectivity index (χ0v) is 18.1. The van der Waals surface area contributed by atoms with Gasteiger partial charge in [-0.3, -0.25) is 4.79 Å². The first kappa shape index (κ1) is 22.0. The molecule has 1 aromatic carbocycles. The van der Waals surface area contributed by atoms with E-state index in [1.807, 2.05) is 44.2 Å². The molecule has 0 atom stereocenters. The number of nitrogens with two attached hydrogens (primary N) is 1. The number of amides is 1. The molecule has 1 saturated heterocycles. The van der Waals surface area contributed by atoms with Crippen molar-refractivity contribution >= 4 is 5.91 Å². The van der Waals surface area contributed by atoms with E-state index in [2.05, 4.69) is 38.7 Å². The van der Waals surface area contributed by atoms with E-state index in [0.717, 1.165) is 18.4 Å². The Morgan fingerprint density at radius 2 is 1.79 bits per heavy atom. The molecule has 1 aliphatic rings. The average Bonchev–Trinajstić information content (AvgIpc) is 2.58. The Labute approximate surface area is 169 Å². The van der Waals surface area contributed by atoms with Crippen LogP contribution in [0.3, 0.4) is 0 Å². The van der Waals surface area contributed by atoms with Gasteiger partial charge in [0.1, 0.15) is 11.6 Å². The van der Waals surface area contributed by atoms with Crippen molar-refractivity contribution in [3.63, 3.8) is 0 Å². The molecule has 0 spiro atoms. The summed E-state index contributed by atoms with van der Waals surface area (Å²) in [4.78, 5) is 17.2. The molecule has 2 rings (SSSR count). The molecule has 0 saturated carbocycles. The Morgan fingerprint density at radius 1 is 1.25 bits per heavy atom. The van der Waals surface area contributed by atoms with Gasteiger partial charge >= 0.3 is 0 Å². The predicted molar refractivity (Wildman–Crippen MR) is 113 cm³/mol. The van der Waals surface area contributed by atoms with Crippen LogP contribution in [0.5, 0.6) is 0 Å². The van der Waals surface area contributed by atoms with Crippen molar-refractivity contribution in [2.45, 2.75) is 84.1 Å². The fourth-order valence-electron chi connectivity index (χ4n) is 4.41. The highest BCUT2D eigenvalue weighted by atomic mass is 16.2. The van der Waals surface area contributed by atoms with Gasteiger partial charge in [0.05, 0.1) is 0 Å². The van der Waals surface area contributed by atoms with Gasteiger partial charge in [-0.1, -0.05) is 30.3 Å². The van der Waals surface area contributed by atoms with Gasteiger partial charge in [0.2, 0.25) is 0 Å². The predicted octanol–water partition coefficient (Wildman–Crippen LogP) is 3.81. The molecular weight excluding hydrogens is 348 g/mol. The molecule has 0 radical (unpaired) electrons. The smallest absolute Gasteiger partial charge is 0.266 e. The molecule has 1 heterocycles. The zero-order chi connectivity index (χ0) is 21.1. The summed E-state index contributed by atoms with van der Waals surface area (Å²) in [6.45, 7) is 12.9. The fraction of sp³-hybridized carbons (Fsp3) is 0.565. The van der Waals surface area contributed by atoms with E-state index in [4.69, 9.17) is 5.73 Å². The lowest BCUT2D eigenvalue weighted by atomic mass is 9.77. The van der Waals surface area contributed by atoms with Crippen LogP contribution in [0.1, 0.15) is 59.9 Å². The molecule has 1 fully saturated rings. The van der Waals surface area contributed by atoms with Crippen LogP contribution < -0.4 is 5.73 Å². The second-order valence-electron chi connectivity index (χ2n) is 9.33. The highest BCUT2D eigenvalue weighted by Gasteiger charge is 2.43. The minimum atomic E-state index is -0.233. The number of carbonyl (C=O) groups excluding carboxylic acids is 1. The molecular formula is C23H34N4O. The summed E-state index contributed by atoms with van der Waals surface area (Å²) < 4.78 is 0. The molecule has 152 valence electrons. The topological polar surface area (TPSA) is 73.4 Å². The first-order valence-electron chi connectivity index (χ1n) is 10.00. The second kappa shape index (κ2) is 8.36. The second-order valence-corrected chi connectivity index (χ2v) is 9.33. The summed E-state index contributed by atoms with van der Waals surface area (Å²) in [6, 6.07) is 12.1. The summed E-state index contributed by atoms with van der Waals surface area (Å²) in [5.41, 5.74) is 7.01. The van der Waals surface area contributed by atoms with E-state index in [-0.39, 0.29) is 34.6 Å². The molecule has 1 aliphatic heterocycles. The monoisotopic (exact) mass is 382 g/mol. The van der Waals surface area contributed by atoms with Gasteiger partial charge < -0.3 is 15.5 Å². The third kappa shape index (κ3) is 4.94. The van der Waals surface area contributed by atoms with Crippen LogP contribution in [0.4, 0.5) is 0 Å². The number of nitriles is 1. The van der Waals surface area contributed by atoms with Crippen molar-refractivity contribution in [2.24, 2.45) is 5.73 Å². The SMILES string of the molecule is CC(C)N(Cc1ccccc1)C(=O)/C(C#N)=C\N1C(C)(C)CC(N)CC1(C)C. The van der Waals surface area contributed by atoms with Crippen molar-refractivity contribution in [1.82, 2.24) is 9.80 Å². The molecule has 5 heteroatoms. The summed E-state index contributed by atoms with van der Waals surface area (Å²) in [7, 11) is 0. The molecule has 0 aromatic heterocycles. The van der Waals surface area contributed by atoms with E-state index in [1.54, 1.807) is 11.1 Å². The van der Waals surface area contributed by atoms with Crippen LogP contribution >= 0.6 is 0 Å². The first-order chi connectivity index (χ1) is 13.0. The van der Waals surface area contributed by atoms with Crippen molar-refractivity contribution < 1.29 is 4.79 Å². The minimum Gasteiger partial charge on any atom is -0.366 e. The van der Waals surface area contributed by atoms with Gasteiger partial charge in [0.15, 0.2) is 0 Å². The van der Waals surface area contributed by atoms with Crippen LogP contribution in [-0.4, -0.2) is 38.9 Å². The Morgan fingerprint density at radius 3 is 2.25 bits per heavy atom. The van der Waals surface area contributed by atoms with Crippen LogP contribution in [0, 0.1) is 11.3 Å². The van der Waals surface area contributed by atoms with Gasteiger partial charge in [0.25, 0.3) is 5.91 Å². The first-order valence-corrected chi connectivity index (χ1v) is 10.00. The lowest BCUT2D eigenvalue weighted by molar-refractivity contribution is -0.129. The summed E-state index contributed by atoms with van der Waals surface area (Å²) in [6.07, 6.45) is 3.39. The van der Waals surface area contributed by atoms with Gasteiger partial charge in [-0.15, -0.1) is 0 Å². The van der Waals surface area contributed by atoms with E-state index >= 15 is 0 Å². The normalized spacial score (nSPS) is 19.4. The lowest BCUT2D eigenvalue weighted by Gasteiger charge is -2.54. The van der Waals surface area contributed by atoms with Crippen molar-refractivity contribution in [2.75, 3.05) is 0 Å². The maximum Gasteiger partial charge on any atom is 0.266 e. The lowest BCUT2D eigenvalue weighted by Crippen LogP contribution is -2.61. The van der Waals surface area contributed by atoms with Gasteiger partial charge in [0, 0.05) is 35.9 Å². The molecule has 1 aromatic rings. The molecule has 2 N–H and O–H groups in total. The molecule has 28 heavy (non-hydrogen) atoms. The number of likely N-dealkylation sites (tertiary alicyclic amines) is 1. The molecule has 0 unspecified atom stereocenters. The maximum absolute atomic E-state index is 13.3. The Balaban J connectivity index is 2.35. The highest BCUT2D eigenvalue weighted by Crippen LogP contribution is 2.38. The van der Waals surface area contributed by atoms with Crippen LogP contribution in [0.15, 0.2) is 42.1 Å². The summed E-state index contributed by atoms with van der Waals surface area (Å²) in [5, 5.41) is 9.80. The highest BCUT2D eigenvalue weighted by molar-refractivity contribution is 5.97. The Kier molecular flexibility index (Phi) is 6.56. The number of carbonyl (C=O) groups is 1. The molecule has 0 aliphatic carbocycles.